The molecule has 2 heterocycles. The van der Waals surface area contributed by atoms with Crippen LogP contribution in [0.5, 0.6) is 11.6 Å². The van der Waals surface area contributed by atoms with Crippen molar-refractivity contribution in [2.75, 3.05) is 0 Å². The normalized spacial score (nSPS) is 10.5. The number of aryl methyl sites for hydroxylation is 1. The second-order valence-electron chi connectivity index (χ2n) is 4.67. The van der Waals surface area contributed by atoms with Crippen molar-refractivity contribution in [2.24, 2.45) is 0 Å². The van der Waals surface area contributed by atoms with Gasteiger partial charge in [0.2, 0.25) is 5.88 Å². The number of nitrogens with zero attached hydrogens (tertiary/aromatic N) is 3. The topological polar surface area (TPSA) is 47.9 Å². The molecule has 2 aromatic heterocycles. The Balaban J connectivity index is 1.97. The number of pyridine rings is 1. The summed E-state index contributed by atoms with van der Waals surface area (Å²) >= 11 is 2.26. The summed E-state index contributed by atoms with van der Waals surface area (Å²) in [5, 5.41) is 0. The molecule has 0 amide bonds. The lowest BCUT2D eigenvalue weighted by molar-refractivity contribution is 0.461. The molecule has 0 saturated carbocycles. The average Bonchev–Trinajstić information content (AvgIpc) is 2.55. The van der Waals surface area contributed by atoms with Crippen LogP contribution in [0.25, 0.3) is 11.4 Å². The van der Waals surface area contributed by atoms with Gasteiger partial charge in [-0.1, -0.05) is 13.0 Å². The van der Waals surface area contributed by atoms with E-state index in [-0.39, 0.29) is 0 Å². The fraction of sp³-hybridized carbons (Fsp3) is 0.118. The van der Waals surface area contributed by atoms with Gasteiger partial charge in [0.15, 0.2) is 5.82 Å². The molecule has 0 aliphatic heterocycles. The lowest BCUT2D eigenvalue weighted by atomic mass is 10.2. The van der Waals surface area contributed by atoms with Crippen LogP contribution in [-0.2, 0) is 6.42 Å². The van der Waals surface area contributed by atoms with Crippen molar-refractivity contribution in [3.8, 4) is 23.0 Å². The SMILES string of the molecule is CCc1cc(Oc2cccc(I)c2)nc(-c2ccncc2)n1. The molecule has 3 aromatic rings. The molecule has 0 fully saturated rings. The van der Waals surface area contributed by atoms with E-state index in [0.717, 1.165) is 27.0 Å². The Hall–Kier alpha value is -2.02. The maximum Gasteiger partial charge on any atom is 0.223 e. The maximum atomic E-state index is 5.89. The third-order valence-electron chi connectivity index (χ3n) is 3.07. The number of halogens is 1. The zero-order valence-corrected chi connectivity index (χ0v) is 14.2. The Kier molecular flexibility index (Phi) is 4.62. The Morgan fingerprint density at radius 3 is 2.59 bits per heavy atom. The van der Waals surface area contributed by atoms with Gasteiger partial charge in [0, 0.05) is 33.3 Å². The zero-order valence-electron chi connectivity index (χ0n) is 12.0. The van der Waals surface area contributed by atoms with Crippen LogP contribution in [0, 0.1) is 3.57 Å². The molecule has 3 rings (SSSR count). The molecule has 0 saturated heterocycles. The highest BCUT2D eigenvalue weighted by Gasteiger charge is 2.08. The second kappa shape index (κ2) is 6.83. The fourth-order valence-corrected chi connectivity index (χ4v) is 2.50. The Morgan fingerprint density at radius 1 is 1.05 bits per heavy atom. The molecule has 4 nitrogen and oxygen atoms in total. The van der Waals surface area contributed by atoms with E-state index in [1.165, 1.54) is 0 Å². The first-order chi connectivity index (χ1) is 10.7. The van der Waals surface area contributed by atoms with Gasteiger partial charge in [0.05, 0.1) is 0 Å². The number of rotatable bonds is 4. The van der Waals surface area contributed by atoms with Crippen molar-refractivity contribution in [3.63, 3.8) is 0 Å². The first kappa shape index (κ1) is 14.9. The summed E-state index contributed by atoms with van der Waals surface area (Å²) in [6.45, 7) is 2.06. The molecule has 0 bridgehead atoms. The zero-order chi connectivity index (χ0) is 15.4. The molecule has 22 heavy (non-hydrogen) atoms. The summed E-state index contributed by atoms with van der Waals surface area (Å²) in [5.74, 6) is 1.98. The van der Waals surface area contributed by atoms with Crippen molar-refractivity contribution in [3.05, 3.63) is 64.1 Å². The predicted octanol–water partition coefficient (Wildman–Crippen LogP) is 4.50. The van der Waals surface area contributed by atoms with E-state index in [4.69, 9.17) is 4.74 Å². The van der Waals surface area contributed by atoms with Crippen LogP contribution in [0.3, 0.4) is 0 Å². The lowest BCUT2D eigenvalue weighted by Gasteiger charge is -2.09. The first-order valence-corrected chi connectivity index (χ1v) is 8.04. The highest BCUT2D eigenvalue weighted by Crippen LogP contribution is 2.24. The van der Waals surface area contributed by atoms with Gasteiger partial charge in [-0.2, -0.15) is 4.98 Å². The quantitative estimate of drug-likeness (QED) is 0.602. The number of aromatic nitrogens is 3. The third kappa shape index (κ3) is 3.59. The molecule has 1 aromatic carbocycles. The molecule has 5 heteroatoms. The summed E-state index contributed by atoms with van der Waals surface area (Å²) in [7, 11) is 0. The molecule has 0 spiro atoms. The third-order valence-corrected chi connectivity index (χ3v) is 3.75. The average molecular weight is 403 g/mol. The number of ether oxygens (including phenoxy) is 1. The standard InChI is InChI=1S/C17H14IN3O/c1-2-14-11-16(22-15-5-3-4-13(18)10-15)21-17(20-14)12-6-8-19-9-7-12/h3-11H,2H2,1H3. The van der Waals surface area contributed by atoms with Crippen LogP contribution in [0.2, 0.25) is 0 Å². The van der Waals surface area contributed by atoms with E-state index in [2.05, 4.69) is 44.5 Å². The summed E-state index contributed by atoms with van der Waals surface area (Å²) < 4.78 is 7.01. The molecule has 0 unspecified atom stereocenters. The Morgan fingerprint density at radius 2 is 1.86 bits per heavy atom. The van der Waals surface area contributed by atoms with E-state index >= 15 is 0 Å². The van der Waals surface area contributed by atoms with E-state index in [1.54, 1.807) is 12.4 Å². The molecular formula is C17H14IN3O. The van der Waals surface area contributed by atoms with Crippen LogP contribution in [0.4, 0.5) is 0 Å². The van der Waals surface area contributed by atoms with Crippen LogP contribution in [0.15, 0.2) is 54.9 Å². The van der Waals surface area contributed by atoms with Crippen molar-refractivity contribution < 1.29 is 4.74 Å². The molecule has 0 aliphatic carbocycles. The summed E-state index contributed by atoms with van der Waals surface area (Å²) in [6.07, 6.45) is 4.29. The summed E-state index contributed by atoms with van der Waals surface area (Å²) in [5.41, 5.74) is 1.88. The van der Waals surface area contributed by atoms with Gasteiger partial charge in [0.25, 0.3) is 0 Å². The van der Waals surface area contributed by atoms with Gasteiger partial charge in [0.1, 0.15) is 5.75 Å². The van der Waals surface area contributed by atoms with Crippen molar-refractivity contribution >= 4 is 22.6 Å². The largest absolute Gasteiger partial charge is 0.439 e. The number of benzene rings is 1. The van der Waals surface area contributed by atoms with Crippen LogP contribution in [0.1, 0.15) is 12.6 Å². The van der Waals surface area contributed by atoms with Gasteiger partial charge < -0.3 is 4.74 Å². The number of hydrogen-bond donors (Lipinski definition) is 0. The fourth-order valence-electron chi connectivity index (χ4n) is 1.99. The van der Waals surface area contributed by atoms with Gasteiger partial charge in [-0.15, -0.1) is 0 Å². The van der Waals surface area contributed by atoms with E-state index in [9.17, 15) is 0 Å². The Labute approximate surface area is 142 Å². The van der Waals surface area contributed by atoms with E-state index < -0.39 is 0 Å². The van der Waals surface area contributed by atoms with Gasteiger partial charge in [-0.05, 0) is 59.3 Å². The van der Waals surface area contributed by atoms with Crippen LogP contribution >= 0.6 is 22.6 Å². The highest BCUT2D eigenvalue weighted by atomic mass is 127. The highest BCUT2D eigenvalue weighted by molar-refractivity contribution is 14.1. The summed E-state index contributed by atoms with van der Waals surface area (Å²) in [4.78, 5) is 13.1. The number of hydrogen-bond acceptors (Lipinski definition) is 4. The lowest BCUT2D eigenvalue weighted by Crippen LogP contribution is -1.98. The second-order valence-corrected chi connectivity index (χ2v) is 5.92. The molecular weight excluding hydrogens is 389 g/mol. The Bertz CT molecular complexity index is 778. The summed E-state index contributed by atoms with van der Waals surface area (Å²) in [6, 6.07) is 13.5. The molecule has 0 N–H and O–H groups in total. The smallest absolute Gasteiger partial charge is 0.223 e. The van der Waals surface area contributed by atoms with Crippen molar-refractivity contribution in [1.29, 1.82) is 0 Å². The monoisotopic (exact) mass is 403 g/mol. The predicted molar refractivity (Wildman–Crippen MR) is 93.9 cm³/mol. The van der Waals surface area contributed by atoms with Crippen LogP contribution in [-0.4, -0.2) is 15.0 Å². The van der Waals surface area contributed by atoms with E-state index in [0.29, 0.717) is 11.7 Å². The minimum atomic E-state index is 0.556. The van der Waals surface area contributed by atoms with E-state index in [1.807, 2.05) is 42.5 Å². The van der Waals surface area contributed by atoms with Gasteiger partial charge >= 0.3 is 0 Å². The molecule has 0 aliphatic rings. The molecule has 0 atom stereocenters. The minimum Gasteiger partial charge on any atom is -0.439 e. The minimum absolute atomic E-state index is 0.556. The van der Waals surface area contributed by atoms with Gasteiger partial charge in [-0.25, -0.2) is 4.98 Å². The molecule has 110 valence electrons. The molecule has 0 radical (unpaired) electrons. The van der Waals surface area contributed by atoms with Crippen molar-refractivity contribution in [2.45, 2.75) is 13.3 Å². The van der Waals surface area contributed by atoms with Crippen LogP contribution < -0.4 is 4.74 Å². The van der Waals surface area contributed by atoms with Gasteiger partial charge in [-0.3, -0.25) is 4.98 Å². The maximum absolute atomic E-state index is 5.89. The first-order valence-electron chi connectivity index (χ1n) is 6.96. The van der Waals surface area contributed by atoms with Crippen molar-refractivity contribution in [1.82, 2.24) is 15.0 Å².